The molecule has 0 amide bonds. The number of nitrogens with one attached hydrogen (secondary N) is 1. The molecule has 1 saturated heterocycles. The normalized spacial score (nSPS) is 17.8. The van der Waals surface area contributed by atoms with Gasteiger partial charge in [-0.05, 0) is 25.0 Å². The highest BCUT2D eigenvalue weighted by Crippen LogP contribution is 2.30. The third kappa shape index (κ3) is 1.90. The van der Waals surface area contributed by atoms with Gasteiger partial charge in [0.2, 0.25) is 0 Å². The van der Waals surface area contributed by atoms with Gasteiger partial charge in [0.25, 0.3) is 0 Å². The Morgan fingerprint density at radius 3 is 3.00 bits per heavy atom. The molecule has 0 aromatic carbocycles. The fraction of sp³-hybridized carbons (Fsp3) is 0.417. The van der Waals surface area contributed by atoms with Crippen LogP contribution in [-0.2, 0) is 4.74 Å². The van der Waals surface area contributed by atoms with Gasteiger partial charge in [-0.15, -0.1) is 11.3 Å². The van der Waals surface area contributed by atoms with Crippen molar-refractivity contribution in [2.75, 3.05) is 13.2 Å². The zero-order chi connectivity index (χ0) is 10.8. The van der Waals surface area contributed by atoms with Crippen LogP contribution in [0.3, 0.4) is 0 Å². The van der Waals surface area contributed by atoms with Gasteiger partial charge in [-0.3, -0.25) is 0 Å². The van der Waals surface area contributed by atoms with E-state index < -0.39 is 0 Å². The zero-order valence-electron chi connectivity index (χ0n) is 8.98. The smallest absolute Gasteiger partial charge is 0.139 e. The molecule has 1 aliphatic heterocycles. The molecule has 3 heterocycles. The molecule has 0 aliphatic carbocycles. The Hall–Kier alpha value is -1.13. The molecule has 1 aliphatic rings. The summed E-state index contributed by atoms with van der Waals surface area (Å²) < 4.78 is 5.37. The lowest BCUT2D eigenvalue weighted by Crippen LogP contribution is -2.14. The molecule has 1 fully saturated rings. The average molecular weight is 234 g/mol. The highest BCUT2D eigenvalue weighted by Gasteiger charge is 2.18. The minimum atomic E-state index is 0.591. The van der Waals surface area contributed by atoms with Gasteiger partial charge in [-0.1, -0.05) is 0 Å². The predicted molar refractivity (Wildman–Crippen MR) is 64.7 cm³/mol. The largest absolute Gasteiger partial charge is 0.381 e. The monoisotopic (exact) mass is 234 g/mol. The summed E-state index contributed by atoms with van der Waals surface area (Å²) in [6.07, 6.45) is 4.15. The van der Waals surface area contributed by atoms with Crippen LogP contribution in [0.25, 0.3) is 10.7 Å². The van der Waals surface area contributed by atoms with Crippen molar-refractivity contribution in [1.82, 2.24) is 9.97 Å². The van der Waals surface area contributed by atoms with Crippen molar-refractivity contribution in [2.45, 2.75) is 18.8 Å². The van der Waals surface area contributed by atoms with Crippen LogP contribution < -0.4 is 0 Å². The molecule has 0 unspecified atom stereocenters. The number of ether oxygens (including phenoxy) is 1. The van der Waals surface area contributed by atoms with Crippen LogP contribution in [0.2, 0.25) is 0 Å². The Kier molecular flexibility index (Phi) is 2.76. The van der Waals surface area contributed by atoms with Gasteiger partial charge in [-0.25, -0.2) is 4.98 Å². The fourth-order valence-corrected chi connectivity index (χ4v) is 2.94. The van der Waals surface area contributed by atoms with Crippen LogP contribution in [0.1, 0.15) is 24.5 Å². The number of aromatic nitrogens is 2. The van der Waals surface area contributed by atoms with Crippen LogP contribution in [-0.4, -0.2) is 23.2 Å². The molecule has 3 rings (SSSR count). The minimum absolute atomic E-state index is 0.591. The van der Waals surface area contributed by atoms with Crippen LogP contribution in [0.15, 0.2) is 23.7 Å². The first-order valence-corrected chi connectivity index (χ1v) is 6.48. The van der Waals surface area contributed by atoms with E-state index in [1.165, 1.54) is 5.69 Å². The van der Waals surface area contributed by atoms with Gasteiger partial charge < -0.3 is 9.72 Å². The van der Waals surface area contributed by atoms with Crippen LogP contribution in [0.5, 0.6) is 0 Å². The summed E-state index contributed by atoms with van der Waals surface area (Å²) >= 11 is 1.72. The minimum Gasteiger partial charge on any atom is -0.381 e. The molecule has 84 valence electrons. The molecule has 0 atom stereocenters. The van der Waals surface area contributed by atoms with Gasteiger partial charge in [-0.2, -0.15) is 0 Å². The maximum absolute atomic E-state index is 5.37. The molecule has 0 bridgehead atoms. The highest BCUT2D eigenvalue weighted by molar-refractivity contribution is 7.13. The van der Waals surface area contributed by atoms with Crippen molar-refractivity contribution in [3.63, 3.8) is 0 Å². The Morgan fingerprint density at radius 2 is 2.25 bits per heavy atom. The molecular formula is C12H14N2OS. The van der Waals surface area contributed by atoms with Gasteiger partial charge in [0, 0.05) is 30.7 Å². The number of aromatic amines is 1. The first-order valence-electron chi connectivity index (χ1n) is 5.60. The standard InChI is InChI=1S/C12H14N2OS/c1-2-10(13-5-1)12-14-11(8-16-12)9-3-6-15-7-4-9/h1-2,5,8-9,13H,3-4,6-7H2. The van der Waals surface area contributed by atoms with E-state index in [2.05, 4.69) is 16.4 Å². The molecule has 4 heteroatoms. The lowest BCUT2D eigenvalue weighted by molar-refractivity contribution is 0.0846. The van der Waals surface area contributed by atoms with E-state index >= 15 is 0 Å². The summed E-state index contributed by atoms with van der Waals surface area (Å²) in [5.74, 6) is 0.591. The van der Waals surface area contributed by atoms with E-state index in [0.717, 1.165) is 36.8 Å². The second-order valence-corrected chi connectivity index (χ2v) is 4.91. The van der Waals surface area contributed by atoms with Crippen molar-refractivity contribution in [1.29, 1.82) is 0 Å². The summed E-state index contributed by atoms with van der Waals surface area (Å²) in [7, 11) is 0. The van der Waals surface area contributed by atoms with Gasteiger partial charge in [0.05, 0.1) is 11.4 Å². The number of thiazole rings is 1. The number of H-pyrrole nitrogens is 1. The lowest BCUT2D eigenvalue weighted by Gasteiger charge is -2.19. The van der Waals surface area contributed by atoms with E-state index in [1.54, 1.807) is 11.3 Å². The molecule has 2 aromatic rings. The second-order valence-electron chi connectivity index (χ2n) is 4.05. The van der Waals surface area contributed by atoms with E-state index in [1.807, 2.05) is 12.3 Å². The van der Waals surface area contributed by atoms with Crippen molar-refractivity contribution < 1.29 is 4.74 Å². The average Bonchev–Trinajstić information content (AvgIpc) is 3.01. The Morgan fingerprint density at radius 1 is 1.38 bits per heavy atom. The summed E-state index contributed by atoms with van der Waals surface area (Å²) in [5, 5.41) is 3.28. The van der Waals surface area contributed by atoms with Crippen LogP contribution in [0.4, 0.5) is 0 Å². The van der Waals surface area contributed by atoms with Crippen LogP contribution >= 0.6 is 11.3 Å². The van der Waals surface area contributed by atoms with Crippen LogP contribution in [0, 0.1) is 0 Å². The molecule has 3 nitrogen and oxygen atoms in total. The Labute approximate surface area is 98.5 Å². The Balaban J connectivity index is 1.82. The van der Waals surface area contributed by atoms with E-state index in [0.29, 0.717) is 5.92 Å². The van der Waals surface area contributed by atoms with Gasteiger partial charge in [0.15, 0.2) is 0 Å². The second kappa shape index (κ2) is 4.39. The van der Waals surface area contributed by atoms with Crippen molar-refractivity contribution in [3.05, 3.63) is 29.4 Å². The predicted octanol–water partition coefficient (Wildman–Crippen LogP) is 3.03. The molecule has 2 aromatic heterocycles. The third-order valence-electron chi connectivity index (χ3n) is 2.99. The Bertz CT molecular complexity index is 443. The van der Waals surface area contributed by atoms with E-state index in [-0.39, 0.29) is 0 Å². The number of hydrogen-bond donors (Lipinski definition) is 1. The van der Waals surface area contributed by atoms with Crippen molar-refractivity contribution in [2.24, 2.45) is 0 Å². The van der Waals surface area contributed by atoms with E-state index in [9.17, 15) is 0 Å². The quantitative estimate of drug-likeness (QED) is 0.867. The summed E-state index contributed by atoms with van der Waals surface area (Å²) in [6.45, 7) is 1.75. The molecule has 0 spiro atoms. The number of nitrogens with zero attached hydrogens (tertiary/aromatic N) is 1. The first-order chi connectivity index (χ1) is 7.93. The topological polar surface area (TPSA) is 37.9 Å². The zero-order valence-corrected chi connectivity index (χ0v) is 9.80. The maximum atomic E-state index is 5.37. The van der Waals surface area contributed by atoms with Crippen molar-refractivity contribution >= 4 is 11.3 Å². The molecular weight excluding hydrogens is 220 g/mol. The first kappa shape index (κ1) is 10.1. The molecule has 16 heavy (non-hydrogen) atoms. The third-order valence-corrected chi connectivity index (χ3v) is 3.88. The van der Waals surface area contributed by atoms with Gasteiger partial charge in [0.1, 0.15) is 5.01 Å². The highest BCUT2D eigenvalue weighted by atomic mass is 32.1. The van der Waals surface area contributed by atoms with Crippen molar-refractivity contribution in [3.8, 4) is 10.7 Å². The molecule has 1 N–H and O–H groups in total. The number of rotatable bonds is 2. The van der Waals surface area contributed by atoms with Gasteiger partial charge >= 0.3 is 0 Å². The fourth-order valence-electron chi connectivity index (χ4n) is 2.05. The lowest BCUT2D eigenvalue weighted by atomic mass is 9.98. The maximum Gasteiger partial charge on any atom is 0.139 e. The summed E-state index contributed by atoms with van der Waals surface area (Å²) in [5.41, 5.74) is 2.35. The number of hydrogen-bond acceptors (Lipinski definition) is 3. The van der Waals surface area contributed by atoms with E-state index in [4.69, 9.17) is 9.72 Å². The SMILES string of the molecule is c1c[nH]c(-c2nc(C3CCOCC3)cs2)c1. The summed E-state index contributed by atoms with van der Waals surface area (Å²) in [6, 6.07) is 4.07. The summed E-state index contributed by atoms with van der Waals surface area (Å²) in [4.78, 5) is 7.90. The molecule has 0 saturated carbocycles. The molecule has 0 radical (unpaired) electrons.